The Kier molecular flexibility index (Phi) is 3.89. The molecular weight excluding hydrogens is 242 g/mol. The highest BCUT2D eigenvalue weighted by Gasteiger charge is 2.18. The third-order valence-corrected chi connectivity index (χ3v) is 3.89. The average Bonchev–Trinajstić information content (AvgIpc) is 2.93. The maximum Gasteiger partial charge on any atom is 0.231 e. The van der Waals surface area contributed by atoms with Crippen LogP contribution >= 0.6 is 0 Å². The van der Waals surface area contributed by atoms with E-state index in [9.17, 15) is 0 Å². The number of fused-ring (bicyclic) bond motifs is 1. The second-order valence-electron chi connectivity index (χ2n) is 5.31. The molecule has 4 heteroatoms. The van der Waals surface area contributed by atoms with Crippen LogP contribution < -0.4 is 15.2 Å². The van der Waals surface area contributed by atoms with Crippen molar-refractivity contribution in [1.29, 1.82) is 0 Å². The molecule has 0 amide bonds. The number of nitrogens with two attached hydrogens (primary N) is 1. The van der Waals surface area contributed by atoms with Crippen LogP contribution in [0.25, 0.3) is 0 Å². The zero-order valence-corrected chi connectivity index (χ0v) is 11.1. The number of hydrogen-bond acceptors (Lipinski definition) is 4. The van der Waals surface area contributed by atoms with Crippen molar-refractivity contribution < 1.29 is 14.2 Å². The van der Waals surface area contributed by atoms with E-state index in [0.29, 0.717) is 19.5 Å². The van der Waals surface area contributed by atoms with Gasteiger partial charge in [-0.3, -0.25) is 0 Å². The van der Waals surface area contributed by atoms with Gasteiger partial charge in [-0.05, 0) is 30.5 Å². The first-order valence-corrected chi connectivity index (χ1v) is 7.09. The molecule has 0 saturated heterocycles. The Morgan fingerprint density at radius 3 is 2.79 bits per heavy atom. The molecule has 3 rings (SSSR count). The third-order valence-electron chi connectivity index (χ3n) is 3.89. The molecule has 4 nitrogen and oxygen atoms in total. The summed E-state index contributed by atoms with van der Waals surface area (Å²) in [4.78, 5) is 0. The molecule has 1 heterocycles. The van der Waals surface area contributed by atoms with E-state index in [0.717, 1.165) is 17.1 Å². The van der Waals surface area contributed by atoms with Crippen LogP contribution in [0.3, 0.4) is 0 Å². The third kappa shape index (κ3) is 3.01. The minimum atomic E-state index is -0.101. The highest BCUT2D eigenvalue weighted by Crippen LogP contribution is 2.34. The fourth-order valence-electron chi connectivity index (χ4n) is 2.71. The summed E-state index contributed by atoms with van der Waals surface area (Å²) in [5.74, 6) is 1.58. The van der Waals surface area contributed by atoms with Crippen LogP contribution in [0, 0.1) is 0 Å². The molecule has 1 aromatic carbocycles. The summed E-state index contributed by atoms with van der Waals surface area (Å²) in [5.41, 5.74) is 7.23. The van der Waals surface area contributed by atoms with E-state index in [-0.39, 0.29) is 6.04 Å². The fourth-order valence-corrected chi connectivity index (χ4v) is 2.71. The molecule has 1 fully saturated rings. The molecular formula is C15H21NO3. The number of hydrogen-bond donors (Lipinski definition) is 1. The van der Waals surface area contributed by atoms with Gasteiger partial charge in [0.2, 0.25) is 6.79 Å². The highest BCUT2D eigenvalue weighted by atomic mass is 16.7. The maximum atomic E-state index is 6.18. The van der Waals surface area contributed by atoms with E-state index in [1.165, 1.54) is 32.1 Å². The Hall–Kier alpha value is -1.26. The summed E-state index contributed by atoms with van der Waals surface area (Å²) in [7, 11) is 0. The number of ether oxygens (including phenoxy) is 3. The van der Waals surface area contributed by atoms with E-state index in [4.69, 9.17) is 19.9 Å². The summed E-state index contributed by atoms with van der Waals surface area (Å²) in [5, 5.41) is 0. The van der Waals surface area contributed by atoms with E-state index in [2.05, 4.69) is 0 Å². The zero-order valence-electron chi connectivity index (χ0n) is 11.1. The fraction of sp³-hybridized carbons (Fsp3) is 0.600. The molecule has 0 spiro atoms. The van der Waals surface area contributed by atoms with Crippen LogP contribution in [-0.2, 0) is 4.74 Å². The Labute approximate surface area is 113 Å². The van der Waals surface area contributed by atoms with Gasteiger partial charge in [0.1, 0.15) is 0 Å². The van der Waals surface area contributed by atoms with Gasteiger partial charge in [-0.25, -0.2) is 0 Å². The SMILES string of the molecule is NC(COC1CCCCC1)c1ccc2c(c1)OCO2. The van der Waals surface area contributed by atoms with Crippen molar-refractivity contribution in [3.05, 3.63) is 23.8 Å². The average molecular weight is 263 g/mol. The van der Waals surface area contributed by atoms with Crippen molar-refractivity contribution in [1.82, 2.24) is 0 Å². The van der Waals surface area contributed by atoms with E-state index < -0.39 is 0 Å². The smallest absolute Gasteiger partial charge is 0.231 e. The number of rotatable bonds is 4. The van der Waals surface area contributed by atoms with Crippen LogP contribution in [0.1, 0.15) is 43.7 Å². The van der Waals surface area contributed by atoms with Gasteiger partial charge in [-0.15, -0.1) is 0 Å². The van der Waals surface area contributed by atoms with Crippen LogP contribution in [0.5, 0.6) is 11.5 Å². The predicted molar refractivity (Wildman–Crippen MR) is 72.3 cm³/mol. The lowest BCUT2D eigenvalue weighted by atomic mass is 9.98. The van der Waals surface area contributed by atoms with Gasteiger partial charge in [0, 0.05) is 0 Å². The van der Waals surface area contributed by atoms with E-state index >= 15 is 0 Å². The monoisotopic (exact) mass is 263 g/mol. The van der Waals surface area contributed by atoms with Crippen molar-refractivity contribution in [2.45, 2.75) is 44.2 Å². The van der Waals surface area contributed by atoms with Gasteiger partial charge < -0.3 is 19.9 Å². The van der Waals surface area contributed by atoms with Gasteiger partial charge in [-0.1, -0.05) is 25.3 Å². The van der Waals surface area contributed by atoms with Crippen LogP contribution in [0.4, 0.5) is 0 Å². The molecule has 0 radical (unpaired) electrons. The molecule has 1 atom stereocenters. The Balaban J connectivity index is 1.56. The number of benzene rings is 1. The van der Waals surface area contributed by atoms with E-state index in [1.807, 2.05) is 18.2 Å². The van der Waals surface area contributed by atoms with Crippen LogP contribution in [0.15, 0.2) is 18.2 Å². The summed E-state index contributed by atoms with van der Waals surface area (Å²) in [6.07, 6.45) is 6.65. The Morgan fingerprint density at radius 1 is 1.16 bits per heavy atom. The standard InChI is InChI=1S/C15H21NO3/c16-13(9-17-12-4-2-1-3-5-12)11-6-7-14-15(8-11)19-10-18-14/h6-8,12-13H,1-5,9-10,16H2. The summed E-state index contributed by atoms with van der Waals surface area (Å²) in [6, 6.07) is 5.76. The second-order valence-corrected chi connectivity index (χ2v) is 5.31. The van der Waals surface area contributed by atoms with Crippen LogP contribution in [-0.4, -0.2) is 19.5 Å². The van der Waals surface area contributed by atoms with Crippen molar-refractivity contribution in [3.63, 3.8) is 0 Å². The topological polar surface area (TPSA) is 53.7 Å². The minimum absolute atomic E-state index is 0.101. The van der Waals surface area contributed by atoms with Crippen molar-refractivity contribution >= 4 is 0 Å². The lowest BCUT2D eigenvalue weighted by Crippen LogP contribution is -2.23. The first-order chi connectivity index (χ1) is 9.33. The van der Waals surface area contributed by atoms with Gasteiger partial charge in [-0.2, -0.15) is 0 Å². The van der Waals surface area contributed by atoms with Gasteiger partial charge >= 0.3 is 0 Å². The molecule has 2 aliphatic rings. The maximum absolute atomic E-state index is 6.18. The molecule has 19 heavy (non-hydrogen) atoms. The van der Waals surface area contributed by atoms with Gasteiger partial charge in [0.15, 0.2) is 11.5 Å². The molecule has 1 saturated carbocycles. The molecule has 1 aliphatic heterocycles. The van der Waals surface area contributed by atoms with Gasteiger partial charge in [0.25, 0.3) is 0 Å². The first kappa shape index (κ1) is 12.8. The lowest BCUT2D eigenvalue weighted by Gasteiger charge is -2.24. The lowest BCUT2D eigenvalue weighted by molar-refractivity contribution is 0.0206. The van der Waals surface area contributed by atoms with Crippen molar-refractivity contribution in [3.8, 4) is 11.5 Å². The Bertz CT molecular complexity index is 429. The largest absolute Gasteiger partial charge is 0.454 e. The summed E-state index contributed by atoms with van der Waals surface area (Å²) < 4.78 is 16.6. The predicted octanol–water partition coefficient (Wildman–Crippen LogP) is 2.76. The van der Waals surface area contributed by atoms with E-state index in [1.54, 1.807) is 0 Å². The van der Waals surface area contributed by atoms with Crippen molar-refractivity contribution in [2.75, 3.05) is 13.4 Å². The molecule has 2 N–H and O–H groups in total. The Morgan fingerprint density at radius 2 is 1.95 bits per heavy atom. The molecule has 0 aromatic heterocycles. The highest BCUT2D eigenvalue weighted by molar-refractivity contribution is 5.45. The quantitative estimate of drug-likeness (QED) is 0.907. The minimum Gasteiger partial charge on any atom is -0.454 e. The molecule has 1 aromatic rings. The van der Waals surface area contributed by atoms with Gasteiger partial charge in [0.05, 0.1) is 18.8 Å². The summed E-state index contributed by atoms with van der Waals surface area (Å²) in [6.45, 7) is 0.872. The molecule has 1 unspecified atom stereocenters. The molecule has 1 aliphatic carbocycles. The zero-order chi connectivity index (χ0) is 13.1. The normalized spacial score (nSPS) is 20.5. The summed E-state index contributed by atoms with van der Waals surface area (Å²) >= 11 is 0. The second kappa shape index (κ2) is 5.80. The molecule has 0 bridgehead atoms. The molecule has 104 valence electrons. The van der Waals surface area contributed by atoms with Crippen LogP contribution in [0.2, 0.25) is 0 Å². The first-order valence-electron chi connectivity index (χ1n) is 7.09. The van der Waals surface area contributed by atoms with Crippen molar-refractivity contribution in [2.24, 2.45) is 5.73 Å².